The van der Waals surface area contributed by atoms with E-state index in [1.165, 1.54) is 35.7 Å². The van der Waals surface area contributed by atoms with Crippen LogP contribution in [-0.2, 0) is 28.2 Å². The molecular formula is C33H51N6O7PS. The number of hydrogen-bond donors (Lipinski definition) is 4. The Hall–Kier alpha value is -3.26. The number of amides is 1. The highest BCUT2D eigenvalue weighted by molar-refractivity contribution is 8.00. The van der Waals surface area contributed by atoms with Crippen molar-refractivity contribution >= 4 is 37.1 Å². The Kier molecular flexibility index (Phi) is 21.2. The van der Waals surface area contributed by atoms with Crippen LogP contribution in [0, 0.1) is 0 Å². The number of nitrogen functional groups attached to an aromatic ring is 1. The van der Waals surface area contributed by atoms with Crippen molar-refractivity contribution in [2.45, 2.75) is 70.0 Å². The van der Waals surface area contributed by atoms with Crippen LogP contribution in [0.2, 0.25) is 0 Å². The summed E-state index contributed by atoms with van der Waals surface area (Å²) < 4.78 is 30.8. The van der Waals surface area contributed by atoms with Crippen LogP contribution in [0.1, 0.15) is 64.5 Å². The lowest BCUT2D eigenvalue weighted by atomic mass is 10.2. The summed E-state index contributed by atoms with van der Waals surface area (Å²) >= 11 is 1.38. The number of thioether (sulfide) groups is 1. The van der Waals surface area contributed by atoms with Crippen LogP contribution in [-0.4, -0.2) is 66.0 Å². The van der Waals surface area contributed by atoms with Gasteiger partial charge in [0.2, 0.25) is 5.91 Å². The first-order chi connectivity index (χ1) is 23.3. The van der Waals surface area contributed by atoms with Crippen LogP contribution < -0.4 is 26.9 Å². The summed E-state index contributed by atoms with van der Waals surface area (Å²) in [5.74, 6) is -0.178. The minimum absolute atomic E-state index is 0.0983. The molecule has 1 aliphatic heterocycles. The number of anilines is 1. The van der Waals surface area contributed by atoms with Gasteiger partial charge in [-0.1, -0.05) is 67.7 Å². The number of rotatable bonds is 24. The Bertz CT molecular complexity index is 1360. The number of unbranched alkanes of at least 4 members (excludes halogenated alkanes) is 1. The van der Waals surface area contributed by atoms with Gasteiger partial charge in [-0.05, 0) is 51.0 Å². The average Bonchev–Trinajstić information content (AvgIpc) is 3.55. The van der Waals surface area contributed by atoms with Crippen molar-refractivity contribution in [3.63, 3.8) is 0 Å². The van der Waals surface area contributed by atoms with E-state index in [0.717, 1.165) is 38.5 Å². The Morgan fingerprint density at radius 3 is 2.31 bits per heavy atom. The summed E-state index contributed by atoms with van der Waals surface area (Å²) in [6.07, 6.45) is 29.1. The zero-order valence-corrected chi connectivity index (χ0v) is 29.7. The summed E-state index contributed by atoms with van der Waals surface area (Å²) in [6.45, 7) is 2.02. The highest BCUT2D eigenvalue weighted by Crippen LogP contribution is 2.40. The number of aromatic nitrogens is 2. The monoisotopic (exact) mass is 706 g/mol. The second-order valence-electron chi connectivity index (χ2n) is 10.5. The number of carbonyl (C=O) groups excluding carboxylic acids is 2. The first-order valence-electron chi connectivity index (χ1n) is 16.2. The number of esters is 1. The molecule has 0 aromatic carbocycles. The standard InChI is InChI=1S/C33H51N6O7PS/c1-3-4-5-6-7-8-9-10-11-12-13-14-15-16-17-18-19-20-29(40)35-22-23-36-47(43,37-25-31(41)44-2)45-26-32-46-30(27-48-32)39-24-21-28(34)38-33(39)42/h4-5,7-8,10-11,13-14,16-17,21,24,30,32H,3,6,9,12,15,18-20,22-23,25-27H2,1-2H3,(H,35,40)(H2,34,38,42)(H2,36,37,43)/b5-4-,8-7-,11-10-,14-13-,17-16-/t30?,32-,47?/m1/s1. The smallest absolute Gasteiger partial charge is 0.351 e. The lowest BCUT2D eigenvalue weighted by molar-refractivity contribution is -0.139. The molecule has 13 nitrogen and oxygen atoms in total. The molecule has 2 heterocycles. The minimum Gasteiger partial charge on any atom is -0.468 e. The van der Waals surface area contributed by atoms with Gasteiger partial charge in [-0.25, -0.2) is 15.0 Å². The second-order valence-corrected chi connectivity index (χ2v) is 13.7. The fourth-order valence-electron chi connectivity index (χ4n) is 4.12. The molecule has 3 atom stereocenters. The molecule has 0 saturated carbocycles. The van der Waals surface area contributed by atoms with Gasteiger partial charge in [0.15, 0.2) is 0 Å². The summed E-state index contributed by atoms with van der Waals surface area (Å²) in [4.78, 5) is 39.7. The zero-order valence-electron chi connectivity index (χ0n) is 28.0. The molecule has 5 N–H and O–H groups in total. The molecule has 1 saturated heterocycles. The third-order valence-corrected chi connectivity index (χ3v) is 9.47. The Labute approximate surface area is 288 Å². The Morgan fingerprint density at radius 1 is 1.04 bits per heavy atom. The Morgan fingerprint density at radius 2 is 1.69 bits per heavy atom. The van der Waals surface area contributed by atoms with Gasteiger partial charge < -0.3 is 25.0 Å². The molecule has 1 fully saturated rings. The van der Waals surface area contributed by atoms with Gasteiger partial charge >= 0.3 is 19.3 Å². The van der Waals surface area contributed by atoms with E-state index in [9.17, 15) is 18.9 Å². The number of carbonyl (C=O) groups is 2. The van der Waals surface area contributed by atoms with E-state index in [1.807, 2.05) is 0 Å². The summed E-state index contributed by atoms with van der Waals surface area (Å²) in [6, 6.07) is 1.50. The van der Waals surface area contributed by atoms with Gasteiger partial charge in [0.1, 0.15) is 24.0 Å². The molecule has 0 spiro atoms. The number of methoxy groups -OCH3 is 1. The van der Waals surface area contributed by atoms with Crippen LogP contribution in [0.25, 0.3) is 0 Å². The molecule has 2 unspecified atom stereocenters. The summed E-state index contributed by atoms with van der Waals surface area (Å²) in [5, 5.41) is 8.14. The maximum atomic E-state index is 13.4. The van der Waals surface area contributed by atoms with Gasteiger partial charge in [0.25, 0.3) is 0 Å². The lowest BCUT2D eigenvalue weighted by Crippen LogP contribution is -2.35. The number of allylic oxidation sites excluding steroid dienone is 10. The van der Waals surface area contributed by atoms with Crippen molar-refractivity contribution in [1.82, 2.24) is 25.0 Å². The first kappa shape index (κ1) is 40.9. The summed E-state index contributed by atoms with van der Waals surface area (Å²) in [5.41, 5.74) is 4.48. The number of nitrogens with zero attached hydrogens (tertiary/aromatic N) is 2. The van der Waals surface area contributed by atoms with Crippen molar-refractivity contribution in [3.8, 4) is 0 Å². The number of hydrogen-bond acceptors (Lipinski definition) is 10. The van der Waals surface area contributed by atoms with Crippen molar-refractivity contribution in [1.29, 1.82) is 0 Å². The van der Waals surface area contributed by atoms with Gasteiger partial charge in [0.05, 0.1) is 13.7 Å². The minimum atomic E-state index is -3.73. The summed E-state index contributed by atoms with van der Waals surface area (Å²) in [7, 11) is -2.51. The van der Waals surface area contributed by atoms with Gasteiger partial charge in [0, 0.05) is 31.5 Å². The molecule has 0 bridgehead atoms. The largest absolute Gasteiger partial charge is 0.468 e. The molecule has 1 aliphatic rings. The molecule has 1 aromatic rings. The molecule has 2 rings (SSSR count). The van der Waals surface area contributed by atoms with Gasteiger partial charge in [-0.3, -0.25) is 18.7 Å². The van der Waals surface area contributed by atoms with E-state index in [4.69, 9.17) is 15.0 Å². The van der Waals surface area contributed by atoms with E-state index >= 15 is 0 Å². The fraction of sp³-hybridized carbons (Fsp3) is 0.515. The van der Waals surface area contributed by atoms with E-state index in [1.54, 1.807) is 0 Å². The maximum absolute atomic E-state index is 13.4. The van der Waals surface area contributed by atoms with Crippen molar-refractivity contribution < 1.29 is 28.2 Å². The molecule has 15 heteroatoms. The van der Waals surface area contributed by atoms with E-state index in [0.29, 0.717) is 18.6 Å². The number of nitrogens with one attached hydrogen (secondary N) is 3. The van der Waals surface area contributed by atoms with Crippen LogP contribution in [0.4, 0.5) is 5.82 Å². The SMILES string of the molecule is CC/C=C\C/C=C\C/C=C\C/C=C\C/C=C\CCCC(=O)NCCNP(=O)(NCC(=O)OC)OC[C@@H]1OC(n2ccc(N)nc2=O)CS1. The second kappa shape index (κ2) is 24.8. The third kappa shape index (κ3) is 18.3. The normalized spacial score (nSPS) is 18.1. The molecule has 0 radical (unpaired) electrons. The van der Waals surface area contributed by atoms with Crippen molar-refractivity contribution in [2.75, 3.05) is 44.8 Å². The molecule has 1 aromatic heterocycles. The van der Waals surface area contributed by atoms with Gasteiger partial charge in [-0.2, -0.15) is 4.98 Å². The zero-order chi connectivity index (χ0) is 34.9. The predicted molar refractivity (Wildman–Crippen MR) is 192 cm³/mol. The average molecular weight is 707 g/mol. The van der Waals surface area contributed by atoms with E-state index in [2.05, 4.69) is 92.9 Å². The van der Waals surface area contributed by atoms with Crippen LogP contribution in [0.5, 0.6) is 0 Å². The van der Waals surface area contributed by atoms with Crippen molar-refractivity contribution in [2.24, 2.45) is 0 Å². The van der Waals surface area contributed by atoms with Crippen LogP contribution >= 0.6 is 19.4 Å². The predicted octanol–water partition coefficient (Wildman–Crippen LogP) is 4.93. The quantitative estimate of drug-likeness (QED) is 0.0495. The van der Waals surface area contributed by atoms with E-state index < -0.39 is 31.0 Å². The maximum Gasteiger partial charge on any atom is 0.351 e. The Balaban J connectivity index is 1.62. The lowest BCUT2D eigenvalue weighted by Gasteiger charge is -2.22. The third-order valence-electron chi connectivity index (χ3n) is 6.65. The van der Waals surface area contributed by atoms with Crippen LogP contribution in [0.15, 0.2) is 77.8 Å². The topological polar surface area (TPSA) is 176 Å². The molecule has 266 valence electrons. The van der Waals surface area contributed by atoms with Gasteiger partial charge in [-0.15, -0.1) is 11.8 Å². The highest BCUT2D eigenvalue weighted by atomic mass is 32.2. The number of nitrogens with two attached hydrogens (primary N) is 1. The molecule has 48 heavy (non-hydrogen) atoms. The fourth-order valence-corrected chi connectivity index (χ4v) is 6.59. The highest BCUT2D eigenvalue weighted by Gasteiger charge is 2.32. The molecule has 0 aliphatic carbocycles. The molecule has 1 amide bonds. The molecular weight excluding hydrogens is 655 g/mol. The van der Waals surface area contributed by atoms with E-state index in [-0.39, 0.29) is 38.0 Å². The van der Waals surface area contributed by atoms with Crippen molar-refractivity contribution in [3.05, 3.63) is 83.5 Å². The first-order valence-corrected chi connectivity index (χ1v) is 18.9. The number of ether oxygens (including phenoxy) is 2. The van der Waals surface area contributed by atoms with Crippen LogP contribution in [0.3, 0.4) is 0 Å².